The van der Waals surface area contributed by atoms with Crippen molar-refractivity contribution >= 4 is 11.9 Å². The number of nitrogens with zero attached hydrogens (tertiary/aromatic N) is 1. The van der Waals surface area contributed by atoms with Gasteiger partial charge in [0.1, 0.15) is 6.29 Å². The van der Waals surface area contributed by atoms with Gasteiger partial charge in [-0.3, -0.25) is 9.69 Å². The molecule has 2 nitrogen and oxygen atoms in total. The Morgan fingerprint density at radius 2 is 1.92 bits per heavy atom. The van der Waals surface area contributed by atoms with Gasteiger partial charge >= 0.3 is 0 Å². The Bertz CT molecular complexity index is 750. The number of carbonyl (C=O) groups excluding carboxylic acids is 1. The van der Waals surface area contributed by atoms with Crippen molar-refractivity contribution < 1.29 is 4.79 Å². The number of fused-ring (bicyclic) bond motifs is 2. The summed E-state index contributed by atoms with van der Waals surface area (Å²) in [6, 6.07) is 20.0. The molecule has 1 saturated heterocycles. The van der Waals surface area contributed by atoms with Crippen LogP contribution in [-0.4, -0.2) is 23.3 Å². The fraction of sp³-hybridized carbons (Fsp3) is 0.318. The minimum absolute atomic E-state index is 0.521. The van der Waals surface area contributed by atoms with Crippen molar-refractivity contribution in [2.75, 3.05) is 0 Å². The van der Waals surface area contributed by atoms with Gasteiger partial charge in [-0.25, -0.2) is 0 Å². The molecule has 2 atom stereocenters. The van der Waals surface area contributed by atoms with Crippen molar-refractivity contribution in [2.24, 2.45) is 0 Å². The lowest BCUT2D eigenvalue weighted by Crippen LogP contribution is -2.47. The number of hydrogen-bond donors (Lipinski definition) is 0. The molecule has 2 heterocycles. The molecule has 2 aromatic rings. The van der Waals surface area contributed by atoms with Crippen LogP contribution in [0.2, 0.25) is 0 Å². The molecule has 0 spiro atoms. The van der Waals surface area contributed by atoms with Crippen molar-refractivity contribution in [3.8, 4) is 0 Å². The summed E-state index contributed by atoms with van der Waals surface area (Å²) < 4.78 is 0. The molecule has 24 heavy (non-hydrogen) atoms. The fourth-order valence-corrected chi connectivity index (χ4v) is 4.18. The maximum Gasteiger partial charge on any atom is 0.150 e. The molecule has 0 aromatic heterocycles. The Kier molecular flexibility index (Phi) is 4.31. The van der Waals surface area contributed by atoms with Gasteiger partial charge in [-0.2, -0.15) is 0 Å². The maximum absolute atomic E-state index is 11.1. The lowest BCUT2D eigenvalue weighted by Gasteiger charge is -2.45. The molecule has 2 aromatic carbocycles. The summed E-state index contributed by atoms with van der Waals surface area (Å²) in [5, 5.41) is 0. The van der Waals surface area contributed by atoms with Crippen molar-refractivity contribution in [1.29, 1.82) is 0 Å². The highest BCUT2D eigenvalue weighted by Crippen LogP contribution is 2.38. The van der Waals surface area contributed by atoms with Gasteiger partial charge in [0.05, 0.1) is 0 Å². The van der Waals surface area contributed by atoms with Gasteiger partial charge in [0.2, 0.25) is 0 Å². The number of benzene rings is 2. The van der Waals surface area contributed by atoms with Crippen molar-refractivity contribution in [3.05, 3.63) is 77.4 Å². The number of carbonyl (C=O) groups is 1. The number of hydrogen-bond acceptors (Lipinski definition) is 2. The van der Waals surface area contributed by atoms with Gasteiger partial charge in [0.15, 0.2) is 0 Å². The van der Waals surface area contributed by atoms with Crippen LogP contribution in [0.4, 0.5) is 0 Å². The zero-order valence-electron chi connectivity index (χ0n) is 13.9. The summed E-state index contributed by atoms with van der Waals surface area (Å²) in [6.45, 7) is 1.04. The van der Waals surface area contributed by atoms with Crippen LogP contribution < -0.4 is 0 Å². The van der Waals surface area contributed by atoms with E-state index in [0.717, 1.165) is 24.8 Å². The molecule has 0 radical (unpaired) electrons. The topological polar surface area (TPSA) is 20.3 Å². The standard InChI is InChI=1S/C22H23NO/c24-16-18-8-4-9-19(12-18)20-13-21-10-5-11-22(14-20)23(21)15-17-6-2-1-3-7-17/h1-4,6-9,12-13,16,21-22H,5,10-11,14-15H2. The van der Waals surface area contributed by atoms with E-state index in [-0.39, 0.29) is 0 Å². The first kappa shape index (κ1) is 15.3. The molecule has 2 aliphatic heterocycles. The third kappa shape index (κ3) is 3.07. The summed E-state index contributed by atoms with van der Waals surface area (Å²) in [7, 11) is 0. The van der Waals surface area contributed by atoms with E-state index in [2.05, 4.69) is 47.4 Å². The van der Waals surface area contributed by atoms with Crippen LogP contribution in [0.1, 0.15) is 47.2 Å². The van der Waals surface area contributed by atoms with Crippen LogP contribution >= 0.6 is 0 Å². The lowest BCUT2D eigenvalue weighted by molar-refractivity contribution is 0.0951. The summed E-state index contributed by atoms with van der Waals surface area (Å²) in [6.07, 6.45) is 8.30. The summed E-state index contributed by atoms with van der Waals surface area (Å²) in [5.74, 6) is 0. The number of aldehydes is 1. The summed E-state index contributed by atoms with van der Waals surface area (Å²) in [5.41, 5.74) is 4.80. The van der Waals surface area contributed by atoms with Crippen LogP contribution in [0.25, 0.3) is 5.57 Å². The summed E-state index contributed by atoms with van der Waals surface area (Å²) in [4.78, 5) is 13.7. The van der Waals surface area contributed by atoms with Crippen LogP contribution in [0.15, 0.2) is 60.7 Å². The Morgan fingerprint density at radius 3 is 2.71 bits per heavy atom. The van der Waals surface area contributed by atoms with E-state index in [1.54, 1.807) is 0 Å². The van der Waals surface area contributed by atoms with Crippen LogP contribution in [-0.2, 0) is 6.54 Å². The average Bonchev–Trinajstić information content (AvgIpc) is 2.62. The molecule has 1 fully saturated rings. The monoisotopic (exact) mass is 317 g/mol. The smallest absolute Gasteiger partial charge is 0.150 e. The van der Waals surface area contributed by atoms with Crippen molar-refractivity contribution in [3.63, 3.8) is 0 Å². The first-order valence-corrected chi connectivity index (χ1v) is 8.89. The Balaban J connectivity index is 1.61. The van der Waals surface area contributed by atoms with E-state index in [9.17, 15) is 4.79 Å². The zero-order chi connectivity index (χ0) is 16.4. The van der Waals surface area contributed by atoms with Gasteiger partial charge in [-0.05, 0) is 42.0 Å². The van der Waals surface area contributed by atoms with Crippen LogP contribution in [0, 0.1) is 0 Å². The van der Waals surface area contributed by atoms with Gasteiger partial charge in [0, 0.05) is 24.2 Å². The minimum Gasteiger partial charge on any atom is -0.298 e. The van der Waals surface area contributed by atoms with E-state index < -0.39 is 0 Å². The maximum atomic E-state index is 11.1. The molecule has 4 rings (SSSR count). The Morgan fingerprint density at radius 1 is 1.04 bits per heavy atom. The van der Waals surface area contributed by atoms with E-state index in [4.69, 9.17) is 0 Å². The molecule has 2 heteroatoms. The predicted molar refractivity (Wildman–Crippen MR) is 97.8 cm³/mol. The van der Waals surface area contributed by atoms with E-state index >= 15 is 0 Å². The Hall–Kier alpha value is -2.19. The first-order chi connectivity index (χ1) is 11.8. The van der Waals surface area contributed by atoms with Crippen molar-refractivity contribution in [1.82, 2.24) is 4.90 Å². The second-order valence-corrected chi connectivity index (χ2v) is 6.95. The van der Waals surface area contributed by atoms with Gasteiger partial charge in [-0.15, -0.1) is 0 Å². The minimum atomic E-state index is 0.521. The zero-order valence-corrected chi connectivity index (χ0v) is 13.9. The lowest BCUT2D eigenvalue weighted by atomic mass is 9.82. The third-order valence-corrected chi connectivity index (χ3v) is 5.38. The molecule has 0 amide bonds. The molecule has 0 saturated carbocycles. The number of rotatable bonds is 4. The normalized spacial score (nSPS) is 23.6. The molecule has 2 aliphatic rings. The second-order valence-electron chi connectivity index (χ2n) is 6.95. The predicted octanol–water partition coefficient (Wildman–Crippen LogP) is 4.71. The molecular formula is C22H23NO. The van der Waals surface area contributed by atoms with E-state index in [0.29, 0.717) is 12.1 Å². The van der Waals surface area contributed by atoms with Crippen LogP contribution in [0.5, 0.6) is 0 Å². The molecule has 0 aliphatic carbocycles. The highest BCUT2D eigenvalue weighted by atomic mass is 16.1. The van der Waals surface area contributed by atoms with Gasteiger partial charge < -0.3 is 0 Å². The highest BCUT2D eigenvalue weighted by molar-refractivity contribution is 5.78. The highest BCUT2D eigenvalue weighted by Gasteiger charge is 2.33. The number of piperidine rings is 1. The van der Waals surface area contributed by atoms with Gasteiger partial charge in [-0.1, -0.05) is 61.0 Å². The third-order valence-electron chi connectivity index (χ3n) is 5.38. The first-order valence-electron chi connectivity index (χ1n) is 8.89. The largest absolute Gasteiger partial charge is 0.298 e. The summed E-state index contributed by atoms with van der Waals surface area (Å²) >= 11 is 0. The average molecular weight is 317 g/mol. The quantitative estimate of drug-likeness (QED) is 0.761. The molecule has 2 unspecified atom stereocenters. The SMILES string of the molecule is O=Cc1cccc(C2=CC3CCCC(C2)N3Cc2ccccc2)c1. The van der Waals surface area contributed by atoms with Crippen LogP contribution in [0.3, 0.4) is 0 Å². The van der Waals surface area contributed by atoms with Crippen molar-refractivity contribution in [2.45, 2.75) is 44.3 Å². The van der Waals surface area contributed by atoms with E-state index in [1.165, 1.54) is 36.0 Å². The van der Waals surface area contributed by atoms with E-state index in [1.807, 2.05) is 18.2 Å². The molecule has 2 bridgehead atoms. The molecular weight excluding hydrogens is 294 g/mol. The Labute approximate surface area is 143 Å². The second kappa shape index (κ2) is 6.74. The molecule has 0 N–H and O–H groups in total. The van der Waals surface area contributed by atoms with Gasteiger partial charge in [0.25, 0.3) is 0 Å². The molecule has 122 valence electrons. The fourth-order valence-electron chi connectivity index (χ4n) is 4.18.